The molecular formula is C45H84O16P2. The van der Waals surface area contributed by atoms with Crippen LogP contribution in [0.15, 0.2) is 24.3 Å². The third-order valence-electron chi connectivity index (χ3n) is 11.0. The zero-order valence-corrected chi connectivity index (χ0v) is 40.1. The van der Waals surface area contributed by atoms with Gasteiger partial charge in [0, 0.05) is 12.8 Å². The number of hydrogen-bond acceptors (Lipinski definition) is 13. The van der Waals surface area contributed by atoms with Crippen molar-refractivity contribution in [3.63, 3.8) is 0 Å². The molecule has 0 radical (unpaired) electrons. The Morgan fingerprint density at radius 1 is 0.508 bits per heavy atom. The topological polar surface area (TPSA) is 256 Å². The second kappa shape index (κ2) is 36.6. The highest BCUT2D eigenvalue weighted by Gasteiger charge is 2.54. The zero-order chi connectivity index (χ0) is 46.8. The molecule has 1 aliphatic rings. The van der Waals surface area contributed by atoms with Crippen LogP contribution in [0.1, 0.15) is 194 Å². The van der Waals surface area contributed by atoms with Gasteiger partial charge in [-0.1, -0.05) is 160 Å². The van der Waals surface area contributed by atoms with E-state index >= 15 is 0 Å². The van der Waals surface area contributed by atoms with E-state index in [1.54, 1.807) is 0 Å². The fourth-order valence-corrected chi connectivity index (χ4v) is 8.83. The van der Waals surface area contributed by atoms with Crippen LogP contribution in [0.5, 0.6) is 0 Å². The SMILES string of the molecule is CCCCC/C=C\C/C=C\CCCCCCCC(=O)O[C@H](COC(=O)CCCCCCCCCCCCCCCCC)COP(=O)(O)O[C@H]1C(O)[C@@H](OP(=O)(O)O)[C@H](O)C(O)[C@H]1O. The molecule has 0 heterocycles. The van der Waals surface area contributed by atoms with Gasteiger partial charge >= 0.3 is 27.6 Å². The average Bonchev–Trinajstić information content (AvgIpc) is 3.23. The number of allylic oxidation sites excluding steroid dienone is 4. The van der Waals surface area contributed by atoms with Crippen molar-refractivity contribution in [1.29, 1.82) is 0 Å². The molecular weight excluding hydrogens is 858 g/mol. The molecule has 63 heavy (non-hydrogen) atoms. The smallest absolute Gasteiger partial charge is 0.462 e. The maximum Gasteiger partial charge on any atom is 0.472 e. The van der Waals surface area contributed by atoms with Gasteiger partial charge in [-0.15, -0.1) is 0 Å². The summed E-state index contributed by atoms with van der Waals surface area (Å²) in [5.41, 5.74) is 0. The first-order valence-electron chi connectivity index (χ1n) is 23.9. The summed E-state index contributed by atoms with van der Waals surface area (Å²) in [7, 11) is -10.7. The standard InChI is InChI=1S/C45H84O16P2/c1-3-5-7-9-11-13-15-17-19-21-23-25-27-29-31-33-38(46)57-35-37(59-39(47)34-32-30-28-26-24-22-20-18-16-14-12-10-8-6-4-2)36-58-63(55,56)61-45-42(50)40(48)41(49)44(43(45)51)60-62(52,53)54/h12,14,18,20,37,40-45,48-51H,3-11,13,15-17,19,21-36H2,1-2H3,(H,55,56)(H2,52,53,54)/b14-12-,20-18-/t37-,40?,41-,42-,43?,44+,45-/m1/s1. The van der Waals surface area contributed by atoms with Gasteiger partial charge in [0.25, 0.3) is 0 Å². The molecule has 18 heteroatoms. The van der Waals surface area contributed by atoms with Gasteiger partial charge in [0.2, 0.25) is 0 Å². The second-order valence-corrected chi connectivity index (χ2v) is 19.4. The quantitative estimate of drug-likeness (QED) is 0.0131. The van der Waals surface area contributed by atoms with Crippen LogP contribution in [0.25, 0.3) is 0 Å². The molecule has 7 N–H and O–H groups in total. The van der Waals surface area contributed by atoms with Gasteiger partial charge in [0.15, 0.2) is 6.10 Å². The minimum atomic E-state index is -5.36. The van der Waals surface area contributed by atoms with E-state index in [0.717, 1.165) is 70.6 Å². The van der Waals surface area contributed by atoms with Crippen LogP contribution in [-0.4, -0.2) is 103 Å². The van der Waals surface area contributed by atoms with Crippen molar-refractivity contribution in [3.05, 3.63) is 24.3 Å². The number of hydrogen-bond donors (Lipinski definition) is 7. The van der Waals surface area contributed by atoms with Crippen LogP contribution in [0.2, 0.25) is 0 Å². The number of ether oxygens (including phenoxy) is 2. The number of carbonyl (C=O) groups excluding carboxylic acids is 2. The minimum Gasteiger partial charge on any atom is -0.462 e. The molecule has 1 rings (SSSR count). The Bertz CT molecular complexity index is 1330. The van der Waals surface area contributed by atoms with Crippen molar-refractivity contribution in [3.8, 4) is 0 Å². The second-order valence-electron chi connectivity index (χ2n) is 16.8. The Hall–Kier alpha value is -1.52. The maximum atomic E-state index is 13.0. The number of phosphoric acid groups is 2. The van der Waals surface area contributed by atoms with E-state index < -0.39 is 83.5 Å². The number of aliphatic hydroxyl groups is 4. The Balaban J connectivity index is 2.59. The molecule has 1 aliphatic carbocycles. The minimum absolute atomic E-state index is 0.0307. The lowest BCUT2D eigenvalue weighted by atomic mass is 9.85. The van der Waals surface area contributed by atoms with Crippen LogP contribution in [0.4, 0.5) is 0 Å². The van der Waals surface area contributed by atoms with E-state index in [9.17, 15) is 44.0 Å². The van der Waals surface area contributed by atoms with Gasteiger partial charge in [-0.3, -0.25) is 23.2 Å². The fourth-order valence-electron chi connectivity index (χ4n) is 7.29. The summed E-state index contributed by atoms with van der Waals surface area (Å²) >= 11 is 0. The third-order valence-corrected chi connectivity index (χ3v) is 12.5. The molecule has 0 aromatic rings. The Morgan fingerprint density at radius 2 is 0.921 bits per heavy atom. The van der Waals surface area contributed by atoms with Crippen LogP contribution in [0.3, 0.4) is 0 Å². The highest BCUT2D eigenvalue weighted by Crippen LogP contribution is 2.49. The van der Waals surface area contributed by atoms with E-state index in [1.165, 1.54) is 83.5 Å². The van der Waals surface area contributed by atoms with Gasteiger partial charge in [0.05, 0.1) is 6.61 Å². The highest BCUT2D eigenvalue weighted by atomic mass is 31.2. The first-order chi connectivity index (χ1) is 30.1. The Labute approximate surface area is 377 Å². The highest BCUT2D eigenvalue weighted by molar-refractivity contribution is 7.47. The molecule has 16 nitrogen and oxygen atoms in total. The summed E-state index contributed by atoms with van der Waals surface area (Å²) in [5, 5.41) is 41.2. The lowest BCUT2D eigenvalue weighted by Crippen LogP contribution is -2.64. The Kier molecular flexibility index (Phi) is 34.5. The van der Waals surface area contributed by atoms with Crippen molar-refractivity contribution < 1.29 is 76.9 Å². The number of aliphatic hydroxyl groups excluding tert-OH is 4. The predicted octanol–water partition coefficient (Wildman–Crippen LogP) is 8.95. The molecule has 3 unspecified atom stereocenters. The normalized spacial score (nSPS) is 22.1. The summed E-state index contributed by atoms with van der Waals surface area (Å²) in [4.78, 5) is 54.2. The van der Waals surface area contributed by atoms with Crippen molar-refractivity contribution in [2.45, 2.75) is 236 Å². The van der Waals surface area contributed by atoms with Gasteiger partial charge < -0.3 is 44.6 Å². The first-order valence-corrected chi connectivity index (χ1v) is 26.9. The van der Waals surface area contributed by atoms with Crippen LogP contribution in [-0.2, 0) is 41.8 Å². The van der Waals surface area contributed by atoms with E-state index in [2.05, 4.69) is 42.7 Å². The van der Waals surface area contributed by atoms with Crippen LogP contribution < -0.4 is 0 Å². The molecule has 0 amide bonds. The van der Waals surface area contributed by atoms with Crippen molar-refractivity contribution in [2.24, 2.45) is 0 Å². The summed E-state index contributed by atoms with van der Waals surface area (Å²) in [5.74, 6) is -1.21. The molecule has 0 aromatic carbocycles. The van der Waals surface area contributed by atoms with Gasteiger partial charge in [-0.2, -0.15) is 0 Å². The molecule has 8 atom stereocenters. The number of phosphoric ester groups is 2. The van der Waals surface area contributed by atoms with Crippen molar-refractivity contribution >= 4 is 27.6 Å². The number of esters is 2. The summed E-state index contributed by atoms with van der Waals surface area (Å²) in [6.07, 6.45) is 22.8. The van der Waals surface area contributed by atoms with E-state index in [0.29, 0.717) is 12.8 Å². The van der Waals surface area contributed by atoms with Crippen LogP contribution >= 0.6 is 15.6 Å². The molecule has 1 saturated carbocycles. The van der Waals surface area contributed by atoms with Gasteiger partial charge in [-0.25, -0.2) is 9.13 Å². The number of rotatable bonds is 40. The fraction of sp³-hybridized carbons (Fsp3) is 0.867. The molecule has 0 aromatic heterocycles. The van der Waals surface area contributed by atoms with E-state index in [-0.39, 0.29) is 12.8 Å². The first kappa shape index (κ1) is 59.5. The molecule has 0 spiro atoms. The average molecular weight is 943 g/mol. The summed E-state index contributed by atoms with van der Waals surface area (Å²) < 4.78 is 49.4. The van der Waals surface area contributed by atoms with E-state index in [4.69, 9.17) is 28.3 Å². The lowest BCUT2D eigenvalue weighted by molar-refractivity contribution is -0.216. The molecule has 0 bridgehead atoms. The predicted molar refractivity (Wildman–Crippen MR) is 241 cm³/mol. The lowest BCUT2D eigenvalue weighted by Gasteiger charge is -2.43. The largest absolute Gasteiger partial charge is 0.472 e. The number of unbranched alkanes of at least 4 members (excludes halogenated alkanes) is 22. The van der Waals surface area contributed by atoms with Gasteiger partial charge in [-0.05, 0) is 44.9 Å². The van der Waals surface area contributed by atoms with Gasteiger partial charge in [0.1, 0.15) is 43.2 Å². The molecule has 370 valence electrons. The Morgan fingerprint density at radius 3 is 1.41 bits per heavy atom. The van der Waals surface area contributed by atoms with Crippen molar-refractivity contribution in [2.75, 3.05) is 13.2 Å². The third kappa shape index (κ3) is 31.2. The molecule has 0 saturated heterocycles. The van der Waals surface area contributed by atoms with Crippen LogP contribution in [0, 0.1) is 0 Å². The monoisotopic (exact) mass is 943 g/mol. The molecule has 0 aliphatic heterocycles. The van der Waals surface area contributed by atoms with E-state index in [1.807, 2.05) is 0 Å². The number of carbonyl (C=O) groups is 2. The summed E-state index contributed by atoms with van der Waals surface area (Å²) in [6, 6.07) is 0. The zero-order valence-electron chi connectivity index (χ0n) is 38.3. The summed E-state index contributed by atoms with van der Waals surface area (Å²) in [6.45, 7) is 3.08. The molecule has 1 fully saturated rings. The maximum absolute atomic E-state index is 13.0. The van der Waals surface area contributed by atoms with Crippen molar-refractivity contribution in [1.82, 2.24) is 0 Å².